The van der Waals surface area contributed by atoms with Gasteiger partial charge in [0.05, 0.1) is 0 Å². The van der Waals surface area contributed by atoms with Crippen LogP contribution in [0.25, 0.3) is 33.2 Å². The molecular weight excluding hydrogens is 200 g/mol. The quantitative estimate of drug-likeness (QED) is 0.478. The van der Waals surface area contributed by atoms with Gasteiger partial charge in [0.2, 0.25) is 0 Å². The number of rotatable bonds is 1. The molecule has 0 aliphatic heterocycles. The van der Waals surface area contributed by atoms with Crippen LogP contribution in [0.3, 0.4) is 0 Å². The Balaban J connectivity index is 2.09. The fraction of sp³-hybridized carbons (Fsp3) is 0. The molecular formula is C12H6N4. The highest BCUT2D eigenvalue weighted by atomic mass is 15.2. The van der Waals surface area contributed by atoms with Crippen LogP contribution in [0, 0.1) is 0 Å². The molecule has 4 rings (SSSR count). The van der Waals surface area contributed by atoms with Gasteiger partial charge in [-0.1, -0.05) is 30.3 Å². The lowest BCUT2D eigenvalue weighted by atomic mass is 10.0. The molecule has 2 aromatic carbocycles. The summed E-state index contributed by atoms with van der Waals surface area (Å²) in [6.07, 6.45) is 0. The Morgan fingerprint density at radius 3 is 2.06 bits per heavy atom. The van der Waals surface area contributed by atoms with Crippen LogP contribution in [0.4, 0.5) is 0 Å². The summed E-state index contributed by atoms with van der Waals surface area (Å²) >= 11 is 0. The summed E-state index contributed by atoms with van der Waals surface area (Å²) in [4.78, 5) is 0. The smallest absolute Gasteiger partial charge is 0.144 e. The minimum atomic E-state index is 0.879. The highest BCUT2D eigenvalue weighted by Crippen LogP contribution is 2.32. The second-order valence-electron chi connectivity index (χ2n) is 3.76. The molecule has 0 saturated carbocycles. The lowest BCUT2D eigenvalue weighted by molar-refractivity contribution is 1.03. The van der Waals surface area contributed by atoms with E-state index in [-0.39, 0.29) is 0 Å². The molecule has 0 atom stereocenters. The Morgan fingerprint density at radius 1 is 0.688 bits per heavy atom. The third-order valence-corrected chi connectivity index (χ3v) is 2.82. The van der Waals surface area contributed by atoms with Crippen LogP contribution in [0.2, 0.25) is 0 Å². The van der Waals surface area contributed by atoms with E-state index in [9.17, 15) is 0 Å². The first kappa shape index (κ1) is 7.87. The molecule has 0 amide bonds. The number of hydrogen-bond acceptors (Lipinski definition) is 4. The molecule has 4 aromatic rings. The molecule has 0 aliphatic carbocycles. The number of nitrogens with zero attached hydrogens (tertiary/aromatic N) is 4. The zero-order valence-corrected chi connectivity index (χ0v) is 8.25. The van der Waals surface area contributed by atoms with Crippen molar-refractivity contribution in [1.29, 1.82) is 0 Å². The van der Waals surface area contributed by atoms with Crippen molar-refractivity contribution in [3.05, 3.63) is 36.4 Å². The van der Waals surface area contributed by atoms with E-state index in [2.05, 4.69) is 32.5 Å². The van der Waals surface area contributed by atoms with Gasteiger partial charge in [-0.15, -0.1) is 20.4 Å². The van der Waals surface area contributed by atoms with Crippen molar-refractivity contribution in [2.24, 2.45) is 0 Å². The van der Waals surface area contributed by atoms with Crippen molar-refractivity contribution >= 4 is 22.1 Å². The van der Waals surface area contributed by atoms with Crippen LogP contribution in [-0.4, -0.2) is 20.4 Å². The van der Waals surface area contributed by atoms with Crippen molar-refractivity contribution < 1.29 is 0 Å². The van der Waals surface area contributed by atoms with Crippen LogP contribution in [0.5, 0.6) is 0 Å². The van der Waals surface area contributed by atoms with Gasteiger partial charge < -0.3 is 0 Å². The van der Waals surface area contributed by atoms with E-state index in [1.165, 1.54) is 0 Å². The van der Waals surface area contributed by atoms with E-state index in [1.54, 1.807) is 0 Å². The van der Waals surface area contributed by atoms with Crippen molar-refractivity contribution in [3.8, 4) is 11.1 Å². The molecule has 0 fully saturated rings. The zero-order valence-electron chi connectivity index (χ0n) is 8.25. The third kappa shape index (κ3) is 0.839. The van der Waals surface area contributed by atoms with Crippen LogP contribution in [-0.2, 0) is 0 Å². The molecule has 16 heavy (non-hydrogen) atoms. The first-order valence-electron chi connectivity index (χ1n) is 5.03. The second-order valence-corrected chi connectivity index (χ2v) is 3.76. The average Bonchev–Trinajstić information content (AvgIpc) is 2.27. The maximum Gasteiger partial charge on any atom is 0.144 e. The maximum absolute atomic E-state index is 4.07. The standard InChI is InChI=1S/C12H6N4/c1-2-4-7(5-3-1)8-6-9-11(15-13-9)12-10(8)14-16-12/h1-6H. The van der Waals surface area contributed by atoms with Gasteiger partial charge in [0, 0.05) is 5.56 Å². The highest BCUT2D eigenvalue weighted by molar-refractivity contribution is 6.09. The summed E-state index contributed by atoms with van der Waals surface area (Å²) in [5, 5.41) is 16.0. The van der Waals surface area contributed by atoms with Gasteiger partial charge in [0.25, 0.3) is 0 Å². The lowest BCUT2D eigenvalue weighted by Gasteiger charge is -2.10. The molecule has 0 radical (unpaired) electrons. The minimum Gasteiger partial charge on any atom is -0.148 e. The monoisotopic (exact) mass is 206 g/mol. The van der Waals surface area contributed by atoms with Crippen molar-refractivity contribution in [3.63, 3.8) is 0 Å². The molecule has 0 aliphatic rings. The van der Waals surface area contributed by atoms with Crippen LogP contribution in [0.1, 0.15) is 0 Å². The number of hydrogen-bond donors (Lipinski definition) is 0. The summed E-state index contributed by atoms with van der Waals surface area (Å²) < 4.78 is 0. The van der Waals surface area contributed by atoms with Crippen molar-refractivity contribution in [1.82, 2.24) is 20.4 Å². The molecule has 0 bridgehead atoms. The van der Waals surface area contributed by atoms with Gasteiger partial charge >= 0.3 is 0 Å². The van der Waals surface area contributed by atoms with Crippen LogP contribution >= 0.6 is 0 Å². The molecule has 0 N–H and O–H groups in total. The van der Waals surface area contributed by atoms with Gasteiger partial charge in [-0.2, -0.15) is 0 Å². The zero-order chi connectivity index (χ0) is 10.5. The maximum atomic E-state index is 4.07. The first-order valence-corrected chi connectivity index (χ1v) is 5.03. The number of aromatic nitrogens is 4. The van der Waals surface area contributed by atoms with Gasteiger partial charge in [-0.05, 0) is 11.6 Å². The van der Waals surface area contributed by atoms with Crippen molar-refractivity contribution in [2.45, 2.75) is 0 Å². The molecule has 2 heterocycles. The first-order chi connectivity index (χ1) is 7.93. The van der Waals surface area contributed by atoms with E-state index in [0.29, 0.717) is 0 Å². The van der Waals surface area contributed by atoms with E-state index in [0.717, 1.165) is 33.2 Å². The average molecular weight is 206 g/mol. The summed E-state index contributed by atoms with van der Waals surface area (Å²) in [5.74, 6) is 0. The van der Waals surface area contributed by atoms with Crippen molar-refractivity contribution in [2.75, 3.05) is 0 Å². The highest BCUT2D eigenvalue weighted by Gasteiger charge is 2.17. The molecule has 4 nitrogen and oxygen atoms in total. The second kappa shape index (κ2) is 2.61. The summed E-state index contributed by atoms with van der Waals surface area (Å²) in [5.41, 5.74) is 5.83. The Labute approximate surface area is 90.6 Å². The van der Waals surface area contributed by atoms with Gasteiger partial charge in [-0.3, -0.25) is 0 Å². The molecule has 74 valence electrons. The number of fused-ring (bicyclic) bond motifs is 3. The van der Waals surface area contributed by atoms with Gasteiger partial charge in [0.1, 0.15) is 22.1 Å². The van der Waals surface area contributed by atoms with E-state index in [1.807, 2.05) is 24.3 Å². The Kier molecular flexibility index (Phi) is 1.28. The van der Waals surface area contributed by atoms with Gasteiger partial charge in [-0.25, -0.2) is 0 Å². The molecule has 0 unspecified atom stereocenters. The third-order valence-electron chi connectivity index (χ3n) is 2.82. The minimum absolute atomic E-state index is 0.879. The summed E-state index contributed by atoms with van der Waals surface area (Å²) in [7, 11) is 0. The predicted octanol–water partition coefficient (Wildman–Crippen LogP) is 2.12. The van der Waals surface area contributed by atoms with Crippen LogP contribution in [0.15, 0.2) is 36.4 Å². The van der Waals surface area contributed by atoms with Crippen LogP contribution < -0.4 is 0 Å². The number of benzene rings is 2. The van der Waals surface area contributed by atoms with E-state index >= 15 is 0 Å². The topological polar surface area (TPSA) is 51.6 Å². The molecule has 2 aromatic heterocycles. The molecule has 0 spiro atoms. The SMILES string of the molecule is c1ccc(-c2cc3nnc3c3nnc23)cc1. The lowest BCUT2D eigenvalue weighted by Crippen LogP contribution is -2.01. The Morgan fingerprint density at radius 2 is 1.44 bits per heavy atom. The normalized spacial score (nSPS) is 11.8. The predicted molar refractivity (Wildman–Crippen MR) is 60.4 cm³/mol. The summed E-state index contributed by atoms with van der Waals surface area (Å²) in [6, 6.07) is 12.2. The van der Waals surface area contributed by atoms with E-state index in [4.69, 9.17) is 0 Å². The largest absolute Gasteiger partial charge is 0.148 e. The van der Waals surface area contributed by atoms with Gasteiger partial charge in [0.15, 0.2) is 0 Å². The Hall–Kier alpha value is -2.36. The fourth-order valence-corrected chi connectivity index (χ4v) is 1.96. The molecule has 4 heteroatoms. The summed E-state index contributed by atoms with van der Waals surface area (Å²) in [6.45, 7) is 0. The Bertz CT molecular complexity index is 751. The van der Waals surface area contributed by atoms with E-state index < -0.39 is 0 Å². The molecule has 0 saturated heterocycles. The fourth-order valence-electron chi connectivity index (χ4n) is 1.96.